The summed E-state index contributed by atoms with van der Waals surface area (Å²) in [5, 5.41) is 39.3. The Kier molecular flexibility index (Phi) is 21.5. The molecule has 0 amide bonds. The molecular weight excluding hydrogens is 632 g/mol. The van der Waals surface area contributed by atoms with E-state index in [-0.39, 0.29) is 20.8 Å². The summed E-state index contributed by atoms with van der Waals surface area (Å²) in [6, 6.07) is 0. The van der Waals surface area contributed by atoms with E-state index in [0.29, 0.717) is 78.3 Å². The lowest BCUT2D eigenvalue weighted by Gasteiger charge is -2.45. The maximum absolute atomic E-state index is 11.1. The molecule has 4 N–H and O–H groups in total. The molecule has 1 heterocycles. The van der Waals surface area contributed by atoms with Crippen molar-refractivity contribution in [2.24, 2.45) is 76.9 Å². The summed E-state index contributed by atoms with van der Waals surface area (Å²) in [6.45, 7) is 29.5. The Morgan fingerprint density at radius 3 is 1.46 bits per heavy atom. The Hall–Kier alpha value is -1.29. The molecule has 0 saturated carbocycles. The van der Waals surface area contributed by atoms with Crippen LogP contribution in [0.1, 0.15) is 118 Å². The molecule has 8 nitrogen and oxygen atoms in total. The fourth-order valence-corrected chi connectivity index (χ4v) is 9.12. The average molecular weight is 713 g/mol. The Morgan fingerprint density at radius 2 is 1.12 bits per heavy atom. The topological polar surface area (TPSA) is 126 Å². The van der Waals surface area contributed by atoms with E-state index in [9.17, 15) is 25.2 Å². The first-order valence-electron chi connectivity index (χ1n) is 18.8. The number of carbonyl (C=O) groups is 1. The largest absolute Gasteiger partial charge is 0.461 e. The van der Waals surface area contributed by atoms with E-state index in [2.05, 4.69) is 95.2 Å². The van der Waals surface area contributed by atoms with Gasteiger partial charge in [0, 0.05) is 6.92 Å². The van der Waals surface area contributed by atoms with Crippen LogP contribution < -0.4 is 0 Å². The van der Waals surface area contributed by atoms with Gasteiger partial charge in [0.05, 0.1) is 25.2 Å². The lowest BCUT2D eigenvalue weighted by Crippen LogP contribution is -2.56. The number of carbonyl (C=O) groups excluding carboxylic acids is 1. The molecule has 1 saturated heterocycles. The molecule has 0 spiro atoms. The third-order valence-corrected chi connectivity index (χ3v) is 11.4. The van der Waals surface area contributed by atoms with Crippen LogP contribution in [0, 0.1) is 76.9 Å². The summed E-state index contributed by atoms with van der Waals surface area (Å²) in [4.78, 5) is 11.1. The van der Waals surface area contributed by atoms with E-state index in [1.807, 2.05) is 0 Å². The van der Waals surface area contributed by atoms with Crippen LogP contribution in [-0.2, 0) is 19.0 Å². The van der Waals surface area contributed by atoms with Gasteiger partial charge in [-0.25, -0.2) is 0 Å². The number of hydrogen-bond donors (Lipinski definition) is 4. The second kappa shape index (κ2) is 22.0. The minimum Gasteiger partial charge on any atom is -0.461 e. The van der Waals surface area contributed by atoms with Crippen LogP contribution in [0.2, 0.25) is 0 Å². The van der Waals surface area contributed by atoms with Crippen LogP contribution >= 0.6 is 0 Å². The molecule has 0 bridgehead atoms. The van der Waals surface area contributed by atoms with Gasteiger partial charge in [-0.1, -0.05) is 110 Å². The first-order valence-corrected chi connectivity index (χ1v) is 18.8. The van der Waals surface area contributed by atoms with Gasteiger partial charge in [-0.05, 0) is 95.0 Å². The number of allylic oxidation sites excluding steroid dienone is 2. The molecule has 296 valence electrons. The lowest BCUT2D eigenvalue weighted by atomic mass is 9.61. The molecule has 50 heavy (non-hydrogen) atoms. The van der Waals surface area contributed by atoms with Gasteiger partial charge in [-0.15, -0.1) is 0 Å². The van der Waals surface area contributed by atoms with E-state index in [4.69, 9.17) is 14.2 Å². The lowest BCUT2D eigenvalue weighted by molar-refractivity contribution is -0.330. The maximum Gasteiger partial charge on any atom is 0.302 e. The molecule has 0 aromatic heterocycles. The third-order valence-electron chi connectivity index (χ3n) is 11.4. The van der Waals surface area contributed by atoms with Crippen LogP contribution in [0.15, 0.2) is 23.3 Å². The molecule has 0 aromatic rings. The van der Waals surface area contributed by atoms with Crippen molar-refractivity contribution in [3.05, 3.63) is 23.3 Å². The number of aliphatic hydroxyl groups excluding tert-OH is 4. The zero-order valence-corrected chi connectivity index (χ0v) is 32.4. The van der Waals surface area contributed by atoms with Gasteiger partial charge in [-0.2, -0.15) is 0 Å². The Balaban J connectivity index is 0.000000973. The summed E-state index contributed by atoms with van der Waals surface area (Å²) in [5.74, 6) is 6.14. The summed E-state index contributed by atoms with van der Waals surface area (Å²) in [6.07, 6.45) is 1.52. The molecule has 11 atom stereocenters. The zero-order chi connectivity index (χ0) is 36.6. The summed E-state index contributed by atoms with van der Waals surface area (Å²) >= 11 is 0. The zero-order valence-electron chi connectivity index (χ0n) is 32.4. The Morgan fingerprint density at radius 1 is 0.700 bits per heavy atom. The molecule has 2 aliphatic carbocycles. The number of rotatable bonds is 12. The predicted molar refractivity (Wildman–Crippen MR) is 205 cm³/mol. The molecule has 3 rings (SSSR count). The van der Waals surface area contributed by atoms with Crippen molar-refractivity contribution in [2.75, 3.05) is 19.8 Å². The highest BCUT2D eigenvalue weighted by Crippen LogP contribution is 2.47. The van der Waals surface area contributed by atoms with Crippen molar-refractivity contribution in [3.8, 4) is 0 Å². The van der Waals surface area contributed by atoms with Crippen molar-refractivity contribution in [3.63, 3.8) is 0 Å². The number of hydrogen-bond acceptors (Lipinski definition) is 8. The fourth-order valence-electron chi connectivity index (χ4n) is 9.12. The quantitative estimate of drug-likeness (QED) is 0.118. The van der Waals surface area contributed by atoms with Crippen molar-refractivity contribution >= 4 is 5.97 Å². The smallest absolute Gasteiger partial charge is 0.302 e. The van der Waals surface area contributed by atoms with Crippen LogP contribution in [0.5, 0.6) is 0 Å². The third kappa shape index (κ3) is 12.4. The first-order chi connectivity index (χ1) is 22.3. The SMILES string of the molecule is C.C.CC(=O)OCC1=CC[C@H](C(C)C)C(C(C)C)C1C(C)C.CC(C)C1C(COC2OC(O)C(O)C(O)C2CO)=CC[C@H](C(C)C)C1C(C)C. The van der Waals surface area contributed by atoms with Gasteiger partial charge < -0.3 is 34.6 Å². The van der Waals surface area contributed by atoms with E-state index in [1.165, 1.54) is 18.1 Å². The van der Waals surface area contributed by atoms with Crippen molar-refractivity contribution < 1.29 is 39.4 Å². The predicted octanol–water partition coefficient (Wildman–Crippen LogP) is 8.12. The van der Waals surface area contributed by atoms with Gasteiger partial charge >= 0.3 is 5.97 Å². The maximum atomic E-state index is 11.1. The van der Waals surface area contributed by atoms with Gasteiger partial charge in [-0.3, -0.25) is 4.79 Å². The molecule has 8 heteroatoms. The highest BCUT2D eigenvalue weighted by atomic mass is 16.7. The fraction of sp³-hybridized carbons (Fsp3) is 0.881. The molecule has 3 aliphatic rings. The molecule has 0 radical (unpaired) electrons. The minimum absolute atomic E-state index is 0. The normalized spacial score (nSPS) is 33.1. The summed E-state index contributed by atoms with van der Waals surface area (Å²) in [7, 11) is 0. The van der Waals surface area contributed by atoms with E-state index >= 15 is 0 Å². The van der Waals surface area contributed by atoms with Crippen molar-refractivity contribution in [1.29, 1.82) is 0 Å². The average Bonchev–Trinajstić information content (AvgIpc) is 3.00. The number of ether oxygens (including phenoxy) is 3. The van der Waals surface area contributed by atoms with Gasteiger partial charge in [0.15, 0.2) is 12.6 Å². The Bertz CT molecular complexity index is 1030. The highest BCUT2D eigenvalue weighted by Gasteiger charge is 2.45. The van der Waals surface area contributed by atoms with E-state index in [1.54, 1.807) is 0 Å². The summed E-state index contributed by atoms with van der Waals surface area (Å²) < 4.78 is 16.5. The van der Waals surface area contributed by atoms with Crippen LogP contribution in [-0.4, -0.2) is 71.0 Å². The molecule has 1 aliphatic heterocycles. The highest BCUT2D eigenvalue weighted by molar-refractivity contribution is 5.66. The number of esters is 1. The molecule has 0 aromatic carbocycles. The van der Waals surface area contributed by atoms with Crippen LogP contribution in [0.25, 0.3) is 0 Å². The Labute approximate surface area is 307 Å². The minimum atomic E-state index is -1.53. The standard InChI is InChI=1S/C22H40O6.C18H32O2.2CH4/c1-11(2)15-8-7-14(17(12(3)4)18(15)13(5)6)10-27-22-16(9-23)19(24)20(25)21(26)28-22;1-11(2)16-9-8-15(10-20-14(7)19)17(12(3)4)18(16)13(5)6;;/h7,11-13,15-26H,8-10H2,1-6H3;8,11-13,16-18H,9-10H2,1-7H3;2*1H4/t15-,16?,17?,18?,19?,20?,21?,22?;16-,17?,18?;;/m11../s1. The van der Waals surface area contributed by atoms with Crippen LogP contribution in [0.3, 0.4) is 0 Å². The van der Waals surface area contributed by atoms with Gasteiger partial charge in [0.25, 0.3) is 0 Å². The number of aliphatic hydroxyl groups is 4. The monoisotopic (exact) mass is 713 g/mol. The second-order valence-electron chi connectivity index (χ2n) is 16.8. The van der Waals surface area contributed by atoms with E-state index in [0.717, 1.165) is 18.8 Å². The molecule has 1 fully saturated rings. The van der Waals surface area contributed by atoms with E-state index < -0.39 is 37.3 Å². The molecule has 9 unspecified atom stereocenters. The molecular formula is C42H80O8. The van der Waals surface area contributed by atoms with Crippen molar-refractivity contribution in [1.82, 2.24) is 0 Å². The first kappa shape index (κ1) is 48.7. The van der Waals surface area contributed by atoms with Crippen molar-refractivity contribution in [2.45, 2.75) is 142 Å². The van der Waals surface area contributed by atoms with Crippen LogP contribution in [0.4, 0.5) is 0 Å². The van der Waals surface area contributed by atoms with Gasteiger partial charge in [0.2, 0.25) is 0 Å². The van der Waals surface area contributed by atoms with Gasteiger partial charge in [0.1, 0.15) is 12.7 Å². The summed E-state index contributed by atoms with van der Waals surface area (Å²) in [5.41, 5.74) is 2.56. The second-order valence-corrected chi connectivity index (χ2v) is 16.8.